The minimum absolute atomic E-state index is 0.110. The molecule has 0 saturated carbocycles. The smallest absolute Gasteiger partial charge is 0.341 e. The third-order valence-corrected chi connectivity index (χ3v) is 5.91. The van der Waals surface area contributed by atoms with Crippen molar-refractivity contribution in [3.05, 3.63) is 24.3 Å². The van der Waals surface area contributed by atoms with Gasteiger partial charge in [-0.05, 0) is 24.3 Å². The van der Waals surface area contributed by atoms with Gasteiger partial charge in [-0.15, -0.1) is 0 Å². The van der Waals surface area contributed by atoms with E-state index in [4.69, 9.17) is 0 Å². The first-order valence-electron chi connectivity index (χ1n) is 5.92. The van der Waals surface area contributed by atoms with Gasteiger partial charge in [0, 0.05) is 11.3 Å². The fraction of sp³-hybridized carbons (Fsp3) is 0.500. The first kappa shape index (κ1) is 14.6. The first-order valence-corrected chi connectivity index (χ1v) is 8.51. The lowest BCUT2D eigenvalue weighted by atomic mass is 10.1. The zero-order chi connectivity index (χ0) is 14.0. The molecule has 19 heavy (non-hydrogen) atoms. The van der Waals surface area contributed by atoms with Gasteiger partial charge < -0.3 is 5.32 Å². The Bertz CT molecular complexity index is 548. The van der Waals surface area contributed by atoms with Gasteiger partial charge in [-0.25, -0.2) is 8.42 Å². The molecule has 2 rings (SSSR count). The highest BCUT2D eigenvalue weighted by Crippen LogP contribution is 2.32. The van der Waals surface area contributed by atoms with Gasteiger partial charge in [0.05, 0.1) is 10.6 Å². The zero-order valence-electron chi connectivity index (χ0n) is 10.3. The lowest BCUT2D eigenvalue weighted by Crippen LogP contribution is -2.26. The van der Waals surface area contributed by atoms with Crippen LogP contribution in [0.25, 0.3) is 0 Å². The largest absolute Gasteiger partial charge is 0.380 e. The average Bonchev–Trinajstić information content (AvgIpc) is 2.75. The van der Waals surface area contributed by atoms with Crippen LogP contribution in [0.1, 0.15) is 13.3 Å². The normalized spacial score (nSPS) is 23.8. The summed E-state index contributed by atoms with van der Waals surface area (Å²) in [6.07, 6.45) is 0.898. The van der Waals surface area contributed by atoms with Crippen molar-refractivity contribution in [1.29, 1.82) is 0 Å². The summed E-state index contributed by atoms with van der Waals surface area (Å²) in [5.41, 5.74) is 0.266. The summed E-state index contributed by atoms with van der Waals surface area (Å²) in [6.45, 7) is 2.04. The van der Waals surface area contributed by atoms with Gasteiger partial charge in [0.25, 0.3) is 0 Å². The van der Waals surface area contributed by atoms with Crippen molar-refractivity contribution in [2.75, 3.05) is 11.1 Å². The molecule has 1 aliphatic rings. The summed E-state index contributed by atoms with van der Waals surface area (Å²) >= 11 is 1.78. The Hall–Kier alpha value is -0.820. The molecule has 0 bridgehead atoms. The molecule has 1 saturated heterocycles. The highest BCUT2D eigenvalue weighted by molar-refractivity contribution is 8.00. The van der Waals surface area contributed by atoms with Crippen molar-refractivity contribution in [3.8, 4) is 0 Å². The fourth-order valence-electron chi connectivity index (χ4n) is 2.05. The summed E-state index contributed by atoms with van der Waals surface area (Å²) in [6, 6.07) is 5.95. The number of sulfone groups is 1. The second-order valence-electron chi connectivity index (χ2n) is 4.42. The Morgan fingerprint density at radius 3 is 2.63 bits per heavy atom. The Kier molecular flexibility index (Phi) is 4.35. The van der Waals surface area contributed by atoms with Gasteiger partial charge in [-0.2, -0.15) is 20.5 Å². The van der Waals surface area contributed by atoms with E-state index in [2.05, 4.69) is 5.32 Å². The molecule has 0 aromatic heterocycles. The number of benzene rings is 1. The summed E-state index contributed by atoms with van der Waals surface area (Å²) in [7, 11) is -4.57. The summed E-state index contributed by atoms with van der Waals surface area (Å²) < 4.78 is 48.5. The van der Waals surface area contributed by atoms with Crippen molar-refractivity contribution >= 4 is 27.3 Å². The highest BCUT2D eigenvalue weighted by Gasteiger charge is 2.31. The molecule has 1 aliphatic heterocycles. The molecule has 2 unspecified atom stereocenters. The number of halogens is 2. The second kappa shape index (κ2) is 5.66. The van der Waals surface area contributed by atoms with E-state index in [0.29, 0.717) is 5.25 Å². The quantitative estimate of drug-likeness (QED) is 0.929. The molecule has 1 heterocycles. The molecule has 1 N–H and O–H groups in total. The van der Waals surface area contributed by atoms with Gasteiger partial charge in [0.2, 0.25) is 9.84 Å². The monoisotopic (exact) mass is 307 g/mol. The number of nitrogens with one attached hydrogen (secondary N) is 1. The minimum Gasteiger partial charge on any atom is -0.380 e. The molecule has 1 fully saturated rings. The van der Waals surface area contributed by atoms with E-state index >= 15 is 0 Å². The second-order valence-corrected chi connectivity index (χ2v) is 7.79. The SMILES string of the molecule is CC1SCCC1Nc1ccccc1S(=O)(=O)C(F)F. The van der Waals surface area contributed by atoms with Gasteiger partial charge in [-0.3, -0.25) is 0 Å². The topological polar surface area (TPSA) is 46.2 Å². The molecule has 0 spiro atoms. The maximum absolute atomic E-state index is 12.6. The van der Waals surface area contributed by atoms with Crippen molar-refractivity contribution in [2.45, 2.75) is 35.3 Å². The summed E-state index contributed by atoms with van der Waals surface area (Å²) in [5.74, 6) is -2.41. The lowest BCUT2D eigenvalue weighted by Gasteiger charge is -2.20. The molecule has 0 radical (unpaired) electrons. The van der Waals surface area contributed by atoms with Crippen LogP contribution in [0.5, 0.6) is 0 Å². The van der Waals surface area contributed by atoms with Crippen LogP contribution in [0.15, 0.2) is 29.2 Å². The van der Waals surface area contributed by atoms with E-state index in [-0.39, 0.29) is 16.6 Å². The van der Waals surface area contributed by atoms with Crippen LogP contribution in [-0.4, -0.2) is 31.2 Å². The van der Waals surface area contributed by atoms with Crippen LogP contribution >= 0.6 is 11.8 Å². The Morgan fingerprint density at radius 2 is 2.05 bits per heavy atom. The number of hydrogen-bond donors (Lipinski definition) is 1. The molecular weight excluding hydrogens is 292 g/mol. The van der Waals surface area contributed by atoms with Gasteiger partial charge in [0.15, 0.2) is 0 Å². The zero-order valence-corrected chi connectivity index (χ0v) is 12.0. The number of para-hydroxylation sites is 1. The molecule has 1 aromatic carbocycles. The van der Waals surface area contributed by atoms with E-state index in [9.17, 15) is 17.2 Å². The molecule has 0 amide bonds. The molecule has 106 valence electrons. The van der Waals surface area contributed by atoms with Crippen LogP contribution in [0.4, 0.5) is 14.5 Å². The molecular formula is C12H15F2NO2S2. The maximum Gasteiger partial charge on any atom is 0.341 e. The summed E-state index contributed by atoms with van der Waals surface area (Å²) in [4.78, 5) is -0.325. The number of hydrogen-bond acceptors (Lipinski definition) is 4. The molecule has 1 aromatic rings. The predicted octanol–water partition coefficient (Wildman–Crippen LogP) is 2.99. The van der Waals surface area contributed by atoms with Crippen molar-refractivity contribution < 1.29 is 17.2 Å². The minimum atomic E-state index is -4.57. The van der Waals surface area contributed by atoms with Gasteiger partial charge in [0.1, 0.15) is 0 Å². The van der Waals surface area contributed by atoms with Crippen LogP contribution in [0, 0.1) is 0 Å². The first-order chi connectivity index (χ1) is 8.93. The van der Waals surface area contributed by atoms with Crippen molar-refractivity contribution in [3.63, 3.8) is 0 Å². The third kappa shape index (κ3) is 3.02. The fourth-order valence-corrected chi connectivity index (χ4v) is 4.14. The predicted molar refractivity (Wildman–Crippen MR) is 73.6 cm³/mol. The third-order valence-electron chi connectivity index (χ3n) is 3.15. The highest BCUT2D eigenvalue weighted by atomic mass is 32.2. The standard InChI is InChI=1S/C12H15F2NO2S2/c1-8-9(6-7-18-8)15-10-4-2-3-5-11(10)19(16,17)12(13)14/h2-5,8-9,12,15H,6-7H2,1H3. The maximum atomic E-state index is 12.6. The van der Waals surface area contributed by atoms with Crippen LogP contribution in [0.3, 0.4) is 0 Å². The van der Waals surface area contributed by atoms with E-state index in [0.717, 1.165) is 12.2 Å². The van der Waals surface area contributed by atoms with Crippen molar-refractivity contribution in [2.24, 2.45) is 0 Å². The Balaban J connectivity index is 2.32. The lowest BCUT2D eigenvalue weighted by molar-refractivity contribution is 0.235. The van der Waals surface area contributed by atoms with E-state index in [1.807, 2.05) is 6.92 Å². The van der Waals surface area contributed by atoms with Crippen LogP contribution in [0.2, 0.25) is 0 Å². The van der Waals surface area contributed by atoms with Gasteiger partial charge in [-0.1, -0.05) is 19.1 Å². The molecule has 3 nitrogen and oxygen atoms in total. The number of alkyl halides is 2. The van der Waals surface area contributed by atoms with Crippen LogP contribution in [-0.2, 0) is 9.84 Å². The molecule has 0 aliphatic carbocycles. The number of anilines is 1. The number of thioether (sulfide) groups is 1. The Morgan fingerprint density at radius 1 is 1.37 bits per heavy atom. The van der Waals surface area contributed by atoms with E-state index in [1.54, 1.807) is 17.8 Å². The Labute approximate surface area is 115 Å². The van der Waals surface area contributed by atoms with Gasteiger partial charge >= 0.3 is 5.76 Å². The van der Waals surface area contributed by atoms with Crippen LogP contribution < -0.4 is 5.32 Å². The molecule has 2 atom stereocenters. The number of rotatable bonds is 4. The molecule has 7 heteroatoms. The summed E-state index contributed by atoms with van der Waals surface area (Å²) in [5, 5.41) is 3.42. The van der Waals surface area contributed by atoms with Crippen molar-refractivity contribution in [1.82, 2.24) is 0 Å². The average molecular weight is 307 g/mol. The van der Waals surface area contributed by atoms with E-state index in [1.165, 1.54) is 18.2 Å². The van der Waals surface area contributed by atoms with E-state index < -0.39 is 15.6 Å².